The zero-order chi connectivity index (χ0) is 13.0. The summed E-state index contributed by atoms with van der Waals surface area (Å²) in [5.41, 5.74) is 2.08. The summed E-state index contributed by atoms with van der Waals surface area (Å²) < 4.78 is 0. The normalized spacial score (nSPS) is 16.7. The van der Waals surface area contributed by atoms with Gasteiger partial charge in [0.2, 0.25) is 0 Å². The van der Waals surface area contributed by atoms with Gasteiger partial charge in [-0.05, 0) is 5.56 Å². The molecule has 0 spiro atoms. The summed E-state index contributed by atoms with van der Waals surface area (Å²) >= 11 is 0. The Morgan fingerprint density at radius 3 is 2.67 bits per heavy atom. The first-order valence-corrected chi connectivity index (χ1v) is 5.96. The van der Waals surface area contributed by atoms with Crippen LogP contribution < -0.4 is 0 Å². The summed E-state index contributed by atoms with van der Waals surface area (Å²) in [6.07, 6.45) is 0.567. The number of carbonyl (C=O) groups excluding carboxylic acids is 1. The fourth-order valence-corrected chi connectivity index (χ4v) is 2.15. The molecular formula is C14H17N3O. The smallest absolute Gasteiger partial charge is 0.184 e. The molecule has 1 saturated heterocycles. The molecule has 0 aliphatic carbocycles. The van der Waals surface area contributed by atoms with Crippen LogP contribution in [0.25, 0.3) is 0 Å². The molecule has 2 rings (SSSR count). The highest BCUT2D eigenvalue weighted by Gasteiger charge is 2.21. The maximum Gasteiger partial charge on any atom is 0.184 e. The summed E-state index contributed by atoms with van der Waals surface area (Å²) in [7, 11) is 0. The van der Waals surface area contributed by atoms with E-state index < -0.39 is 0 Å². The molecule has 0 saturated carbocycles. The number of hydrogen-bond acceptors (Lipinski definition) is 3. The third-order valence-electron chi connectivity index (χ3n) is 3.08. The van der Waals surface area contributed by atoms with Crippen molar-refractivity contribution in [3.8, 4) is 0 Å². The van der Waals surface area contributed by atoms with E-state index in [2.05, 4.69) is 23.6 Å². The Morgan fingerprint density at radius 2 is 2.06 bits per heavy atom. The van der Waals surface area contributed by atoms with Gasteiger partial charge in [0.1, 0.15) is 0 Å². The van der Waals surface area contributed by atoms with Gasteiger partial charge in [-0.25, -0.2) is 0 Å². The van der Waals surface area contributed by atoms with E-state index in [0.29, 0.717) is 19.4 Å². The molecule has 0 amide bonds. The zero-order valence-electron chi connectivity index (χ0n) is 10.3. The van der Waals surface area contributed by atoms with E-state index >= 15 is 0 Å². The predicted octanol–water partition coefficient (Wildman–Crippen LogP) is 1.49. The summed E-state index contributed by atoms with van der Waals surface area (Å²) in [6.45, 7) is 7.01. The Balaban J connectivity index is 1.94. The lowest BCUT2D eigenvalue weighted by Gasteiger charge is -2.36. The first-order valence-electron chi connectivity index (χ1n) is 5.96. The Kier molecular flexibility index (Phi) is 3.89. The van der Waals surface area contributed by atoms with Crippen LogP contribution in [0.4, 0.5) is 0 Å². The third kappa shape index (κ3) is 2.84. The summed E-state index contributed by atoms with van der Waals surface area (Å²) in [6, 6.07) is 10.3. The summed E-state index contributed by atoms with van der Waals surface area (Å²) in [4.78, 5) is 14.5. The standard InChI is InChI=1S/C14H17N3O/c1-12-9-16(7-8-17(12)14(15)11-18)10-13-5-3-2-4-6-13/h2-6,11,15H,1,7-10H2. The lowest BCUT2D eigenvalue weighted by atomic mass is 10.2. The minimum atomic E-state index is -0.000592. The van der Waals surface area contributed by atoms with Crippen LogP contribution in [0.15, 0.2) is 42.6 Å². The van der Waals surface area contributed by atoms with E-state index in [9.17, 15) is 4.79 Å². The molecule has 4 nitrogen and oxygen atoms in total. The molecule has 1 aliphatic heterocycles. The maximum absolute atomic E-state index is 10.6. The van der Waals surface area contributed by atoms with Crippen molar-refractivity contribution in [3.63, 3.8) is 0 Å². The number of benzene rings is 1. The number of nitrogens with zero attached hydrogens (tertiary/aromatic N) is 2. The van der Waals surface area contributed by atoms with Gasteiger partial charge in [0.05, 0.1) is 0 Å². The minimum Gasteiger partial charge on any atom is -0.326 e. The lowest BCUT2D eigenvalue weighted by molar-refractivity contribution is -0.103. The third-order valence-corrected chi connectivity index (χ3v) is 3.08. The molecule has 0 radical (unpaired) electrons. The molecule has 1 fully saturated rings. The first-order chi connectivity index (χ1) is 8.70. The van der Waals surface area contributed by atoms with Crippen LogP contribution >= 0.6 is 0 Å². The van der Waals surface area contributed by atoms with E-state index in [1.54, 1.807) is 4.90 Å². The summed E-state index contributed by atoms with van der Waals surface area (Å²) in [5.74, 6) is -0.000592. The monoisotopic (exact) mass is 243 g/mol. The zero-order valence-corrected chi connectivity index (χ0v) is 10.3. The quantitative estimate of drug-likeness (QED) is 0.497. The van der Waals surface area contributed by atoms with Crippen molar-refractivity contribution in [1.82, 2.24) is 9.80 Å². The number of amidine groups is 1. The van der Waals surface area contributed by atoms with E-state index in [0.717, 1.165) is 18.8 Å². The van der Waals surface area contributed by atoms with Crippen molar-refractivity contribution >= 4 is 12.1 Å². The van der Waals surface area contributed by atoms with Gasteiger partial charge < -0.3 is 4.90 Å². The van der Waals surface area contributed by atoms with Gasteiger partial charge in [0.25, 0.3) is 0 Å². The van der Waals surface area contributed by atoms with Gasteiger partial charge in [0, 0.05) is 31.9 Å². The first kappa shape index (κ1) is 12.5. The van der Waals surface area contributed by atoms with Crippen LogP contribution in [-0.2, 0) is 11.3 Å². The predicted molar refractivity (Wildman–Crippen MR) is 71.4 cm³/mol. The fraction of sp³-hybridized carbons (Fsp3) is 0.286. The Hall–Kier alpha value is -1.94. The van der Waals surface area contributed by atoms with Crippen molar-refractivity contribution in [2.75, 3.05) is 19.6 Å². The fourth-order valence-electron chi connectivity index (χ4n) is 2.15. The average molecular weight is 243 g/mol. The average Bonchev–Trinajstić information content (AvgIpc) is 2.39. The Labute approximate surface area is 107 Å². The second kappa shape index (κ2) is 5.60. The minimum absolute atomic E-state index is 0.000592. The highest BCUT2D eigenvalue weighted by atomic mass is 16.1. The molecule has 18 heavy (non-hydrogen) atoms. The van der Waals surface area contributed by atoms with Crippen LogP contribution in [-0.4, -0.2) is 41.6 Å². The molecule has 0 atom stereocenters. The topological polar surface area (TPSA) is 47.4 Å². The number of nitrogens with one attached hydrogen (secondary N) is 1. The molecule has 0 aromatic heterocycles. The number of piperazine rings is 1. The lowest BCUT2D eigenvalue weighted by Crippen LogP contribution is -2.46. The van der Waals surface area contributed by atoms with Crippen molar-refractivity contribution < 1.29 is 4.79 Å². The van der Waals surface area contributed by atoms with Gasteiger partial charge in [-0.2, -0.15) is 0 Å². The van der Waals surface area contributed by atoms with E-state index in [1.165, 1.54) is 5.56 Å². The van der Waals surface area contributed by atoms with Crippen molar-refractivity contribution in [2.24, 2.45) is 0 Å². The molecule has 1 aliphatic rings. The number of aldehydes is 1. The molecule has 1 N–H and O–H groups in total. The van der Waals surface area contributed by atoms with Crippen molar-refractivity contribution in [3.05, 3.63) is 48.2 Å². The Bertz CT molecular complexity index is 455. The van der Waals surface area contributed by atoms with Crippen LogP contribution in [0.3, 0.4) is 0 Å². The highest BCUT2D eigenvalue weighted by molar-refractivity contribution is 6.25. The van der Waals surface area contributed by atoms with Crippen LogP contribution in [0, 0.1) is 5.41 Å². The molecule has 0 unspecified atom stereocenters. The molecule has 1 aromatic rings. The van der Waals surface area contributed by atoms with E-state index in [1.807, 2.05) is 18.2 Å². The second-order valence-electron chi connectivity index (χ2n) is 4.42. The second-order valence-corrected chi connectivity index (χ2v) is 4.42. The van der Waals surface area contributed by atoms with Crippen molar-refractivity contribution in [1.29, 1.82) is 5.41 Å². The van der Waals surface area contributed by atoms with Gasteiger partial charge in [-0.15, -0.1) is 0 Å². The Morgan fingerprint density at radius 1 is 1.33 bits per heavy atom. The molecule has 1 heterocycles. The van der Waals surface area contributed by atoms with Gasteiger partial charge in [0.15, 0.2) is 12.1 Å². The van der Waals surface area contributed by atoms with E-state index in [-0.39, 0.29) is 5.84 Å². The SMILES string of the molecule is C=C1CN(Cc2ccccc2)CCN1C(=N)C=O. The largest absolute Gasteiger partial charge is 0.326 e. The molecule has 94 valence electrons. The number of carbonyl (C=O) groups is 1. The van der Waals surface area contributed by atoms with E-state index in [4.69, 9.17) is 5.41 Å². The molecule has 0 bridgehead atoms. The van der Waals surface area contributed by atoms with Crippen molar-refractivity contribution in [2.45, 2.75) is 6.54 Å². The summed E-state index contributed by atoms with van der Waals surface area (Å²) in [5, 5.41) is 7.53. The number of hydrogen-bond donors (Lipinski definition) is 1. The van der Waals surface area contributed by atoms with Crippen LogP contribution in [0.1, 0.15) is 5.56 Å². The maximum atomic E-state index is 10.6. The van der Waals surface area contributed by atoms with Gasteiger partial charge in [-0.3, -0.25) is 15.1 Å². The molecule has 1 aromatic carbocycles. The van der Waals surface area contributed by atoms with Crippen LogP contribution in [0.5, 0.6) is 0 Å². The van der Waals surface area contributed by atoms with Gasteiger partial charge >= 0.3 is 0 Å². The van der Waals surface area contributed by atoms with Gasteiger partial charge in [-0.1, -0.05) is 36.9 Å². The van der Waals surface area contributed by atoms with Crippen LogP contribution in [0.2, 0.25) is 0 Å². The molecular weight excluding hydrogens is 226 g/mol. The molecule has 4 heteroatoms. The number of rotatable bonds is 3. The highest BCUT2D eigenvalue weighted by Crippen LogP contribution is 2.14.